The third kappa shape index (κ3) is 5.57. The fraction of sp³-hybridized carbons (Fsp3) is 0.250. The van der Waals surface area contributed by atoms with Crippen molar-refractivity contribution < 1.29 is 13.5 Å². The number of benzene rings is 3. The first-order chi connectivity index (χ1) is 14.8. The molecular formula is C24H27N3O3S. The number of hydrogen-bond donors (Lipinski definition) is 1. The van der Waals surface area contributed by atoms with Gasteiger partial charge in [0.05, 0.1) is 10.6 Å². The fourth-order valence-corrected chi connectivity index (χ4v) is 4.22. The first-order valence-electron chi connectivity index (χ1n) is 10.2. The summed E-state index contributed by atoms with van der Waals surface area (Å²) in [6.45, 7) is 4.50. The van der Waals surface area contributed by atoms with Crippen LogP contribution in [0.3, 0.4) is 0 Å². The number of phenolic OH excluding ortho intramolecular Hbond substituents is 1. The van der Waals surface area contributed by atoms with Gasteiger partial charge in [-0.25, -0.2) is 8.42 Å². The van der Waals surface area contributed by atoms with Crippen LogP contribution in [0.2, 0.25) is 0 Å². The smallest absolute Gasteiger partial charge is 0.243 e. The largest absolute Gasteiger partial charge is 0.506 e. The van der Waals surface area contributed by atoms with Crippen molar-refractivity contribution in [2.24, 2.45) is 10.2 Å². The van der Waals surface area contributed by atoms with E-state index in [1.165, 1.54) is 16.4 Å². The molecule has 7 heteroatoms. The second-order valence-electron chi connectivity index (χ2n) is 7.50. The van der Waals surface area contributed by atoms with Crippen molar-refractivity contribution in [1.29, 1.82) is 0 Å². The number of aromatic hydroxyl groups is 1. The average molecular weight is 438 g/mol. The molecule has 0 heterocycles. The van der Waals surface area contributed by atoms with Crippen molar-refractivity contribution in [3.05, 3.63) is 83.9 Å². The van der Waals surface area contributed by atoms with Gasteiger partial charge in [-0.05, 0) is 59.9 Å². The molecule has 3 aromatic carbocycles. The maximum Gasteiger partial charge on any atom is 0.243 e. The Labute approximate surface area is 183 Å². The van der Waals surface area contributed by atoms with Crippen LogP contribution >= 0.6 is 0 Å². The third-order valence-electron chi connectivity index (χ3n) is 5.25. The molecule has 0 aromatic heterocycles. The first-order valence-corrected chi connectivity index (χ1v) is 11.6. The van der Waals surface area contributed by atoms with E-state index in [-0.39, 0.29) is 17.2 Å². The molecule has 1 unspecified atom stereocenters. The molecule has 31 heavy (non-hydrogen) atoms. The average Bonchev–Trinajstić information content (AvgIpc) is 2.79. The molecule has 0 saturated heterocycles. The van der Waals surface area contributed by atoms with Crippen LogP contribution in [0.1, 0.15) is 37.3 Å². The highest BCUT2D eigenvalue weighted by atomic mass is 32.2. The van der Waals surface area contributed by atoms with Crippen LogP contribution < -0.4 is 0 Å². The van der Waals surface area contributed by atoms with Gasteiger partial charge >= 0.3 is 0 Å². The van der Waals surface area contributed by atoms with Crippen LogP contribution in [0, 0.1) is 0 Å². The SMILES string of the molecule is CCC(C)c1ccc(O)c(N=Nc2ccc(S(=O)(=O)N(C)Cc3ccccc3)cc2)c1. The van der Waals surface area contributed by atoms with E-state index >= 15 is 0 Å². The zero-order valence-corrected chi connectivity index (χ0v) is 18.7. The Morgan fingerprint density at radius 3 is 2.29 bits per heavy atom. The van der Waals surface area contributed by atoms with E-state index in [9.17, 15) is 13.5 Å². The van der Waals surface area contributed by atoms with Crippen molar-refractivity contribution in [1.82, 2.24) is 4.31 Å². The minimum Gasteiger partial charge on any atom is -0.506 e. The molecule has 0 radical (unpaired) electrons. The van der Waals surface area contributed by atoms with Crippen molar-refractivity contribution in [3.63, 3.8) is 0 Å². The Balaban J connectivity index is 1.75. The predicted molar refractivity (Wildman–Crippen MR) is 123 cm³/mol. The Morgan fingerprint density at radius 2 is 1.65 bits per heavy atom. The fourth-order valence-electron chi connectivity index (χ4n) is 3.06. The molecule has 0 bridgehead atoms. The van der Waals surface area contributed by atoms with Gasteiger partial charge in [0.15, 0.2) is 0 Å². The molecule has 0 aliphatic carbocycles. The molecule has 0 amide bonds. The van der Waals surface area contributed by atoms with Gasteiger partial charge in [0.2, 0.25) is 10.0 Å². The summed E-state index contributed by atoms with van der Waals surface area (Å²) in [6, 6.07) is 21.0. The number of sulfonamides is 1. The quantitative estimate of drug-likeness (QED) is 0.430. The Hall–Kier alpha value is -3.03. The minimum atomic E-state index is -3.62. The van der Waals surface area contributed by atoms with Gasteiger partial charge < -0.3 is 5.11 Å². The standard InChI is InChI=1S/C24H27N3O3S/c1-4-18(2)20-10-15-24(28)23(16-20)26-25-21-11-13-22(14-12-21)31(29,30)27(3)17-19-8-6-5-7-9-19/h5-16,18,28H,4,17H2,1-3H3. The second kappa shape index (κ2) is 9.85. The van der Waals surface area contributed by atoms with E-state index < -0.39 is 10.0 Å². The summed E-state index contributed by atoms with van der Waals surface area (Å²) in [4.78, 5) is 0.187. The van der Waals surface area contributed by atoms with Gasteiger partial charge in [0, 0.05) is 13.6 Å². The lowest BCUT2D eigenvalue weighted by Crippen LogP contribution is -2.26. The first kappa shape index (κ1) is 22.7. The monoisotopic (exact) mass is 437 g/mol. The van der Waals surface area contributed by atoms with Crippen molar-refractivity contribution in [3.8, 4) is 5.75 Å². The van der Waals surface area contributed by atoms with Crippen LogP contribution in [0.5, 0.6) is 5.75 Å². The number of hydrogen-bond acceptors (Lipinski definition) is 5. The summed E-state index contributed by atoms with van der Waals surface area (Å²) in [7, 11) is -2.07. The van der Waals surface area contributed by atoms with E-state index in [0.29, 0.717) is 17.3 Å². The Bertz CT molecular complexity index is 1140. The minimum absolute atomic E-state index is 0.0533. The van der Waals surface area contributed by atoms with Gasteiger partial charge in [-0.1, -0.05) is 50.2 Å². The van der Waals surface area contributed by atoms with E-state index in [4.69, 9.17) is 0 Å². The molecular weight excluding hydrogens is 410 g/mol. The van der Waals surface area contributed by atoms with E-state index in [2.05, 4.69) is 24.1 Å². The highest BCUT2D eigenvalue weighted by Crippen LogP contribution is 2.32. The summed E-state index contributed by atoms with van der Waals surface area (Å²) >= 11 is 0. The molecule has 0 saturated carbocycles. The topological polar surface area (TPSA) is 82.3 Å². The molecule has 6 nitrogen and oxygen atoms in total. The van der Waals surface area contributed by atoms with Crippen molar-refractivity contribution >= 4 is 21.4 Å². The van der Waals surface area contributed by atoms with Gasteiger partial charge in [-0.2, -0.15) is 9.42 Å². The maximum atomic E-state index is 12.8. The normalized spacial score (nSPS) is 13.0. The molecule has 3 rings (SSSR count). The Kier molecular flexibility index (Phi) is 7.20. The molecule has 3 aromatic rings. The molecule has 0 fully saturated rings. The summed E-state index contributed by atoms with van der Waals surface area (Å²) < 4.78 is 27.0. The summed E-state index contributed by atoms with van der Waals surface area (Å²) in [5.74, 6) is 0.407. The molecule has 0 aliphatic rings. The summed E-state index contributed by atoms with van der Waals surface area (Å²) in [5, 5.41) is 18.4. The second-order valence-corrected chi connectivity index (χ2v) is 9.54. The lowest BCUT2D eigenvalue weighted by Gasteiger charge is -2.17. The highest BCUT2D eigenvalue weighted by molar-refractivity contribution is 7.89. The number of rotatable bonds is 8. The number of phenols is 1. The molecule has 0 aliphatic heterocycles. The Morgan fingerprint density at radius 1 is 0.968 bits per heavy atom. The number of azo groups is 1. The van der Waals surface area contributed by atoms with Gasteiger partial charge in [-0.15, -0.1) is 5.11 Å². The van der Waals surface area contributed by atoms with E-state index in [0.717, 1.165) is 17.5 Å². The lowest BCUT2D eigenvalue weighted by molar-refractivity contribution is 0.466. The number of nitrogens with zero attached hydrogens (tertiary/aromatic N) is 3. The summed E-state index contributed by atoms with van der Waals surface area (Å²) in [6.07, 6.45) is 0.982. The predicted octanol–water partition coefficient (Wildman–Crippen LogP) is 6.14. The zero-order valence-electron chi connectivity index (χ0n) is 17.9. The molecule has 1 atom stereocenters. The highest BCUT2D eigenvalue weighted by Gasteiger charge is 2.20. The summed E-state index contributed by atoms with van der Waals surface area (Å²) in [5.41, 5.74) is 2.88. The lowest BCUT2D eigenvalue weighted by atomic mass is 9.98. The molecule has 162 valence electrons. The van der Waals surface area contributed by atoms with Crippen LogP contribution in [0.4, 0.5) is 11.4 Å². The van der Waals surface area contributed by atoms with Crippen molar-refractivity contribution in [2.75, 3.05) is 7.05 Å². The maximum absolute atomic E-state index is 12.8. The van der Waals surface area contributed by atoms with E-state index in [1.54, 1.807) is 25.2 Å². The van der Waals surface area contributed by atoms with Gasteiger partial charge in [0.25, 0.3) is 0 Å². The van der Waals surface area contributed by atoms with Crippen LogP contribution in [0.25, 0.3) is 0 Å². The van der Waals surface area contributed by atoms with Crippen LogP contribution in [-0.2, 0) is 16.6 Å². The van der Waals surface area contributed by atoms with Crippen molar-refractivity contribution in [2.45, 2.75) is 37.6 Å². The molecule has 1 N–H and O–H groups in total. The third-order valence-corrected chi connectivity index (χ3v) is 7.06. The van der Waals surface area contributed by atoms with Gasteiger partial charge in [-0.3, -0.25) is 0 Å². The van der Waals surface area contributed by atoms with E-state index in [1.807, 2.05) is 42.5 Å². The van der Waals surface area contributed by atoms with Crippen LogP contribution in [-0.4, -0.2) is 24.9 Å². The van der Waals surface area contributed by atoms with Gasteiger partial charge in [0.1, 0.15) is 11.4 Å². The van der Waals surface area contributed by atoms with Crippen LogP contribution in [0.15, 0.2) is 87.9 Å². The molecule has 0 spiro atoms. The zero-order chi connectivity index (χ0) is 22.4.